The molecular formula is C24H19ClN2S2. The molecule has 0 fully saturated rings. The number of halogens is 1. The number of rotatable bonds is 5. The summed E-state index contributed by atoms with van der Waals surface area (Å²) in [5, 5.41) is 5.67. The Labute approximate surface area is 185 Å². The Hall–Kier alpha value is -2.40. The fourth-order valence-corrected chi connectivity index (χ4v) is 3.93. The van der Waals surface area contributed by atoms with Gasteiger partial charge >= 0.3 is 0 Å². The Kier molecular flexibility index (Phi) is 6.14. The molecule has 0 aliphatic carbocycles. The van der Waals surface area contributed by atoms with Gasteiger partial charge in [0.1, 0.15) is 4.64 Å². The van der Waals surface area contributed by atoms with Crippen LogP contribution in [0.4, 0.5) is 0 Å². The average Bonchev–Trinajstić information content (AvgIpc) is 2.76. The molecule has 0 aliphatic heterocycles. The second kappa shape index (κ2) is 8.95. The van der Waals surface area contributed by atoms with Gasteiger partial charge < -0.3 is 0 Å². The Balaban J connectivity index is 1.86. The second-order valence-electron chi connectivity index (χ2n) is 6.62. The zero-order chi connectivity index (χ0) is 20.2. The largest absolute Gasteiger partial charge is 0.250 e. The summed E-state index contributed by atoms with van der Waals surface area (Å²) >= 11 is 13.5. The number of benzene rings is 3. The standard InChI is InChI=1S/C24H19ClN2S2/c1-29-21-13-9-19(10-14-21)24-22(18-7-11-20(25)12-8-18)15-23(28)27(26-24)16-17-5-3-2-4-6-17/h2-15H,16H2,1H3. The van der Waals surface area contributed by atoms with Gasteiger partial charge in [0.25, 0.3) is 0 Å². The topological polar surface area (TPSA) is 17.8 Å². The molecule has 0 atom stereocenters. The molecule has 0 N–H and O–H groups in total. The highest BCUT2D eigenvalue weighted by atomic mass is 35.5. The first-order valence-corrected chi connectivity index (χ1v) is 11.2. The van der Waals surface area contributed by atoms with Crippen LogP contribution in [0.3, 0.4) is 0 Å². The van der Waals surface area contributed by atoms with Gasteiger partial charge in [-0.2, -0.15) is 5.10 Å². The number of hydrogen-bond donors (Lipinski definition) is 0. The van der Waals surface area contributed by atoms with Crippen LogP contribution >= 0.6 is 35.6 Å². The summed E-state index contributed by atoms with van der Waals surface area (Å²) in [4.78, 5) is 1.22. The van der Waals surface area contributed by atoms with E-state index >= 15 is 0 Å². The van der Waals surface area contributed by atoms with E-state index in [0.29, 0.717) is 16.2 Å². The highest BCUT2D eigenvalue weighted by Crippen LogP contribution is 2.32. The van der Waals surface area contributed by atoms with Crippen molar-refractivity contribution >= 4 is 35.6 Å². The fraction of sp³-hybridized carbons (Fsp3) is 0.0833. The summed E-state index contributed by atoms with van der Waals surface area (Å²) in [6.45, 7) is 0.635. The molecule has 4 aromatic rings. The molecule has 5 heteroatoms. The van der Waals surface area contributed by atoms with Crippen LogP contribution in [0, 0.1) is 4.64 Å². The Morgan fingerprint density at radius 2 is 1.55 bits per heavy atom. The quantitative estimate of drug-likeness (QED) is 0.241. The summed E-state index contributed by atoms with van der Waals surface area (Å²) < 4.78 is 2.59. The third-order valence-corrected chi connectivity index (χ3v) is 6.02. The van der Waals surface area contributed by atoms with Crippen LogP contribution in [0.2, 0.25) is 5.02 Å². The van der Waals surface area contributed by atoms with Gasteiger partial charge in [-0.3, -0.25) is 0 Å². The van der Waals surface area contributed by atoms with Crippen molar-refractivity contribution in [1.82, 2.24) is 9.78 Å². The fourth-order valence-electron chi connectivity index (χ4n) is 3.17. The number of nitrogens with zero attached hydrogens (tertiary/aromatic N) is 2. The molecule has 0 unspecified atom stereocenters. The monoisotopic (exact) mass is 434 g/mol. The zero-order valence-electron chi connectivity index (χ0n) is 15.9. The van der Waals surface area contributed by atoms with Crippen molar-refractivity contribution in [2.75, 3.05) is 6.26 Å². The first kappa shape index (κ1) is 19.9. The maximum Gasteiger partial charge on any atom is 0.123 e. The van der Waals surface area contributed by atoms with E-state index in [1.165, 1.54) is 10.5 Å². The Morgan fingerprint density at radius 3 is 2.21 bits per heavy atom. The zero-order valence-corrected chi connectivity index (χ0v) is 18.3. The first-order chi connectivity index (χ1) is 14.1. The molecule has 0 radical (unpaired) electrons. The van der Waals surface area contributed by atoms with Gasteiger partial charge in [0.2, 0.25) is 0 Å². The highest BCUT2D eigenvalue weighted by Gasteiger charge is 2.12. The van der Waals surface area contributed by atoms with E-state index < -0.39 is 0 Å². The molecule has 4 rings (SSSR count). The van der Waals surface area contributed by atoms with Gasteiger partial charge in [-0.15, -0.1) is 11.8 Å². The van der Waals surface area contributed by atoms with Crippen LogP contribution in [-0.4, -0.2) is 16.0 Å². The van der Waals surface area contributed by atoms with E-state index in [1.54, 1.807) is 11.8 Å². The first-order valence-electron chi connectivity index (χ1n) is 9.20. The van der Waals surface area contributed by atoms with Crippen molar-refractivity contribution in [3.05, 3.63) is 100 Å². The van der Waals surface area contributed by atoms with Crippen LogP contribution in [0.25, 0.3) is 22.4 Å². The molecule has 2 nitrogen and oxygen atoms in total. The van der Waals surface area contributed by atoms with Gasteiger partial charge in [0, 0.05) is 21.0 Å². The van der Waals surface area contributed by atoms with Crippen LogP contribution < -0.4 is 0 Å². The number of aromatic nitrogens is 2. The minimum Gasteiger partial charge on any atom is -0.250 e. The molecule has 1 heterocycles. The summed E-state index contributed by atoms with van der Waals surface area (Å²) in [6, 6.07) is 28.6. The van der Waals surface area contributed by atoms with E-state index in [-0.39, 0.29) is 0 Å². The van der Waals surface area contributed by atoms with E-state index in [4.69, 9.17) is 28.9 Å². The van der Waals surface area contributed by atoms with Crippen LogP contribution in [0.15, 0.2) is 89.8 Å². The lowest BCUT2D eigenvalue weighted by molar-refractivity contribution is 0.659. The van der Waals surface area contributed by atoms with Crippen LogP contribution in [-0.2, 0) is 6.54 Å². The molecule has 0 aliphatic rings. The van der Waals surface area contributed by atoms with Crippen LogP contribution in [0.5, 0.6) is 0 Å². The molecule has 0 saturated carbocycles. The lowest BCUT2D eigenvalue weighted by atomic mass is 10.0. The molecule has 3 aromatic carbocycles. The Bertz CT molecular complexity index is 1170. The third kappa shape index (κ3) is 4.61. The van der Waals surface area contributed by atoms with Gasteiger partial charge in [0.05, 0.1) is 12.2 Å². The number of thioether (sulfide) groups is 1. The number of hydrogen-bond acceptors (Lipinski definition) is 3. The minimum absolute atomic E-state index is 0.635. The van der Waals surface area contributed by atoms with Crippen molar-refractivity contribution in [2.24, 2.45) is 0 Å². The van der Waals surface area contributed by atoms with Gasteiger partial charge in [0.15, 0.2) is 0 Å². The van der Waals surface area contributed by atoms with Crippen molar-refractivity contribution in [3.8, 4) is 22.4 Å². The van der Waals surface area contributed by atoms with E-state index in [9.17, 15) is 0 Å². The highest BCUT2D eigenvalue weighted by molar-refractivity contribution is 7.98. The van der Waals surface area contributed by atoms with Crippen molar-refractivity contribution < 1.29 is 0 Å². The molecule has 29 heavy (non-hydrogen) atoms. The molecule has 0 saturated heterocycles. The van der Waals surface area contributed by atoms with Crippen molar-refractivity contribution in [2.45, 2.75) is 11.4 Å². The lowest BCUT2D eigenvalue weighted by Crippen LogP contribution is -2.08. The lowest BCUT2D eigenvalue weighted by Gasteiger charge is -2.14. The van der Waals surface area contributed by atoms with E-state index in [1.807, 2.05) is 53.2 Å². The SMILES string of the molecule is CSc1ccc(-c2nn(Cc3ccccc3)c(=S)cc2-c2ccc(Cl)cc2)cc1. The third-order valence-electron chi connectivity index (χ3n) is 4.69. The predicted octanol–water partition coefficient (Wildman–Crippen LogP) is 7.37. The van der Waals surface area contributed by atoms with Gasteiger partial charge in [-0.1, -0.05) is 78.4 Å². The molecule has 144 valence electrons. The second-order valence-corrected chi connectivity index (χ2v) is 8.36. The van der Waals surface area contributed by atoms with Crippen molar-refractivity contribution in [1.29, 1.82) is 0 Å². The molecular weight excluding hydrogens is 416 g/mol. The average molecular weight is 435 g/mol. The van der Waals surface area contributed by atoms with Crippen molar-refractivity contribution in [3.63, 3.8) is 0 Å². The van der Waals surface area contributed by atoms with Gasteiger partial charge in [-0.05, 0) is 47.7 Å². The van der Waals surface area contributed by atoms with Gasteiger partial charge in [-0.25, -0.2) is 4.68 Å². The minimum atomic E-state index is 0.635. The molecule has 0 spiro atoms. The smallest absolute Gasteiger partial charge is 0.123 e. The summed E-state index contributed by atoms with van der Waals surface area (Å²) in [5.41, 5.74) is 5.18. The van der Waals surface area contributed by atoms with Crippen LogP contribution in [0.1, 0.15) is 5.56 Å². The molecule has 0 bridgehead atoms. The summed E-state index contributed by atoms with van der Waals surface area (Å²) in [6.07, 6.45) is 2.08. The predicted molar refractivity (Wildman–Crippen MR) is 126 cm³/mol. The Morgan fingerprint density at radius 1 is 0.897 bits per heavy atom. The normalized spacial score (nSPS) is 10.8. The van der Waals surface area contributed by atoms with E-state index in [0.717, 1.165) is 22.4 Å². The summed E-state index contributed by atoms with van der Waals surface area (Å²) in [7, 11) is 0. The maximum absolute atomic E-state index is 6.09. The maximum atomic E-state index is 6.09. The molecule has 0 amide bonds. The van der Waals surface area contributed by atoms with E-state index in [2.05, 4.69) is 42.7 Å². The molecule has 1 aromatic heterocycles. The summed E-state index contributed by atoms with van der Waals surface area (Å²) in [5.74, 6) is 0.